The van der Waals surface area contributed by atoms with Gasteiger partial charge in [0.2, 0.25) is 0 Å². The summed E-state index contributed by atoms with van der Waals surface area (Å²) in [6.45, 7) is 6.38. The molecule has 0 aliphatic carbocycles. The van der Waals surface area contributed by atoms with Crippen LogP contribution < -0.4 is 4.74 Å². The molecule has 3 nitrogen and oxygen atoms in total. The van der Waals surface area contributed by atoms with E-state index in [1.54, 1.807) is 6.07 Å². The van der Waals surface area contributed by atoms with Gasteiger partial charge in [0, 0.05) is 0 Å². The molecule has 1 N–H and O–H groups in total. The maximum atomic E-state index is 11.2. The topological polar surface area (TPSA) is 46.5 Å². The molecule has 0 bridgehead atoms. The Labute approximate surface area is 118 Å². The van der Waals surface area contributed by atoms with Crippen LogP contribution >= 0.6 is 0 Å². The van der Waals surface area contributed by atoms with Crippen LogP contribution in [0.1, 0.15) is 28.4 Å². The highest BCUT2D eigenvalue weighted by Gasteiger charge is 2.11. The molecule has 0 unspecified atom stereocenters. The van der Waals surface area contributed by atoms with Gasteiger partial charge in [-0.15, -0.1) is 0 Å². The lowest BCUT2D eigenvalue weighted by molar-refractivity contribution is 0.0696. The zero-order chi connectivity index (χ0) is 14.7. The second-order valence-electron chi connectivity index (χ2n) is 4.74. The van der Waals surface area contributed by atoms with Gasteiger partial charge < -0.3 is 9.84 Å². The monoisotopic (exact) mass is 270 g/mol. The van der Waals surface area contributed by atoms with Gasteiger partial charge in [-0.2, -0.15) is 0 Å². The summed E-state index contributed by atoms with van der Waals surface area (Å²) in [5.41, 5.74) is 4.13. The Bertz CT molecular complexity index is 627. The Morgan fingerprint density at radius 2 is 1.75 bits per heavy atom. The molecule has 0 amide bonds. The minimum atomic E-state index is -0.894. The molecule has 0 spiro atoms. The molecule has 0 saturated heterocycles. The highest BCUT2D eigenvalue weighted by molar-refractivity contribution is 5.91. The number of aromatic carboxylic acids is 1. The van der Waals surface area contributed by atoms with E-state index in [1.165, 1.54) is 0 Å². The molecular formula is C17H18O3. The standard InChI is InChI=1S/C17H18O3/c1-4-20-14-7-5-13(6-8-14)15-10-16(17(18)19)12(3)9-11(15)2/h5-10H,4H2,1-3H3,(H,18,19). The van der Waals surface area contributed by atoms with Crippen molar-refractivity contribution in [1.82, 2.24) is 0 Å². The lowest BCUT2D eigenvalue weighted by Gasteiger charge is -2.11. The van der Waals surface area contributed by atoms with E-state index in [1.807, 2.05) is 51.1 Å². The van der Waals surface area contributed by atoms with Gasteiger partial charge in [0.25, 0.3) is 0 Å². The van der Waals surface area contributed by atoms with Gasteiger partial charge in [-0.1, -0.05) is 18.2 Å². The lowest BCUT2D eigenvalue weighted by Crippen LogP contribution is -2.01. The lowest BCUT2D eigenvalue weighted by atomic mass is 9.95. The van der Waals surface area contributed by atoms with Crippen LogP contribution in [0, 0.1) is 13.8 Å². The van der Waals surface area contributed by atoms with Gasteiger partial charge in [-0.25, -0.2) is 4.79 Å². The zero-order valence-electron chi connectivity index (χ0n) is 11.9. The van der Waals surface area contributed by atoms with Crippen LogP contribution in [0.25, 0.3) is 11.1 Å². The van der Waals surface area contributed by atoms with E-state index in [0.717, 1.165) is 28.0 Å². The van der Waals surface area contributed by atoms with Crippen molar-refractivity contribution in [3.8, 4) is 16.9 Å². The molecule has 0 radical (unpaired) electrons. The van der Waals surface area contributed by atoms with Gasteiger partial charge in [-0.05, 0) is 61.2 Å². The molecule has 3 heteroatoms. The van der Waals surface area contributed by atoms with Crippen LogP contribution in [-0.4, -0.2) is 17.7 Å². The van der Waals surface area contributed by atoms with Gasteiger partial charge in [-0.3, -0.25) is 0 Å². The van der Waals surface area contributed by atoms with E-state index < -0.39 is 5.97 Å². The third-order valence-electron chi connectivity index (χ3n) is 3.28. The van der Waals surface area contributed by atoms with Crippen molar-refractivity contribution < 1.29 is 14.6 Å². The number of benzene rings is 2. The van der Waals surface area contributed by atoms with Crippen molar-refractivity contribution in [2.24, 2.45) is 0 Å². The summed E-state index contributed by atoms with van der Waals surface area (Å²) < 4.78 is 5.41. The van der Waals surface area contributed by atoms with Gasteiger partial charge >= 0.3 is 5.97 Å². The molecule has 104 valence electrons. The van der Waals surface area contributed by atoms with Gasteiger partial charge in [0.1, 0.15) is 5.75 Å². The molecular weight excluding hydrogens is 252 g/mol. The van der Waals surface area contributed by atoms with E-state index in [-0.39, 0.29) is 0 Å². The number of rotatable bonds is 4. The number of carboxylic acids is 1. The Morgan fingerprint density at radius 1 is 1.10 bits per heavy atom. The molecule has 20 heavy (non-hydrogen) atoms. The summed E-state index contributed by atoms with van der Waals surface area (Å²) in [5, 5.41) is 9.22. The highest BCUT2D eigenvalue weighted by Crippen LogP contribution is 2.28. The molecule has 0 saturated carbocycles. The Kier molecular flexibility index (Phi) is 4.08. The van der Waals surface area contributed by atoms with E-state index in [9.17, 15) is 9.90 Å². The minimum Gasteiger partial charge on any atom is -0.494 e. The normalized spacial score (nSPS) is 10.3. The predicted molar refractivity (Wildman–Crippen MR) is 79.5 cm³/mol. The van der Waals surface area contributed by atoms with Crippen molar-refractivity contribution in [2.75, 3.05) is 6.61 Å². The smallest absolute Gasteiger partial charge is 0.335 e. The molecule has 0 fully saturated rings. The average Bonchev–Trinajstić information content (AvgIpc) is 2.40. The van der Waals surface area contributed by atoms with Crippen LogP contribution in [0.4, 0.5) is 0 Å². The van der Waals surface area contributed by atoms with Crippen LogP contribution in [0.15, 0.2) is 36.4 Å². The molecule has 0 heterocycles. The first-order chi connectivity index (χ1) is 9.52. The van der Waals surface area contributed by atoms with E-state index in [0.29, 0.717) is 12.2 Å². The fourth-order valence-electron chi connectivity index (χ4n) is 2.29. The Morgan fingerprint density at radius 3 is 2.30 bits per heavy atom. The molecule has 2 aromatic rings. The Balaban J connectivity index is 2.46. The van der Waals surface area contributed by atoms with Crippen LogP contribution in [0.5, 0.6) is 5.75 Å². The second kappa shape index (κ2) is 5.78. The highest BCUT2D eigenvalue weighted by atomic mass is 16.5. The fourth-order valence-corrected chi connectivity index (χ4v) is 2.29. The van der Waals surface area contributed by atoms with Crippen LogP contribution in [0.3, 0.4) is 0 Å². The Hall–Kier alpha value is -2.29. The zero-order valence-corrected chi connectivity index (χ0v) is 11.9. The van der Waals surface area contributed by atoms with Gasteiger partial charge in [0.05, 0.1) is 12.2 Å². The van der Waals surface area contributed by atoms with Crippen LogP contribution in [0.2, 0.25) is 0 Å². The molecule has 0 atom stereocenters. The summed E-state index contributed by atoms with van der Waals surface area (Å²) >= 11 is 0. The quantitative estimate of drug-likeness (QED) is 0.911. The third kappa shape index (κ3) is 2.82. The molecule has 2 aromatic carbocycles. The number of hydrogen-bond acceptors (Lipinski definition) is 2. The van der Waals surface area contributed by atoms with Crippen molar-refractivity contribution in [2.45, 2.75) is 20.8 Å². The number of ether oxygens (including phenoxy) is 1. The first-order valence-corrected chi connectivity index (χ1v) is 6.60. The second-order valence-corrected chi connectivity index (χ2v) is 4.74. The molecule has 0 aliphatic rings. The molecule has 0 aromatic heterocycles. The number of aryl methyl sites for hydroxylation is 2. The first kappa shape index (κ1) is 14.1. The maximum absolute atomic E-state index is 11.2. The summed E-state index contributed by atoms with van der Waals surface area (Å²) in [6.07, 6.45) is 0. The number of carbonyl (C=O) groups is 1. The largest absolute Gasteiger partial charge is 0.494 e. The predicted octanol–water partition coefficient (Wildman–Crippen LogP) is 4.07. The summed E-state index contributed by atoms with van der Waals surface area (Å²) in [7, 11) is 0. The summed E-state index contributed by atoms with van der Waals surface area (Å²) in [5.74, 6) is -0.0749. The average molecular weight is 270 g/mol. The van der Waals surface area contributed by atoms with Crippen molar-refractivity contribution in [1.29, 1.82) is 0 Å². The van der Waals surface area contributed by atoms with E-state index >= 15 is 0 Å². The summed E-state index contributed by atoms with van der Waals surface area (Å²) in [4.78, 5) is 11.2. The van der Waals surface area contributed by atoms with Crippen molar-refractivity contribution in [3.05, 3.63) is 53.1 Å². The van der Waals surface area contributed by atoms with Gasteiger partial charge in [0.15, 0.2) is 0 Å². The van der Waals surface area contributed by atoms with E-state index in [4.69, 9.17) is 4.74 Å². The number of hydrogen-bond donors (Lipinski definition) is 1. The van der Waals surface area contributed by atoms with Crippen molar-refractivity contribution >= 4 is 5.97 Å². The van der Waals surface area contributed by atoms with Crippen molar-refractivity contribution in [3.63, 3.8) is 0 Å². The van der Waals surface area contributed by atoms with E-state index in [2.05, 4.69) is 0 Å². The SMILES string of the molecule is CCOc1ccc(-c2cc(C(=O)O)c(C)cc2C)cc1. The fraction of sp³-hybridized carbons (Fsp3) is 0.235. The number of carboxylic acid groups (broad SMARTS) is 1. The maximum Gasteiger partial charge on any atom is 0.335 e. The third-order valence-corrected chi connectivity index (χ3v) is 3.28. The minimum absolute atomic E-state index is 0.347. The molecule has 0 aliphatic heterocycles. The summed E-state index contributed by atoms with van der Waals surface area (Å²) in [6, 6.07) is 11.4. The van der Waals surface area contributed by atoms with Crippen LogP contribution in [-0.2, 0) is 0 Å². The first-order valence-electron chi connectivity index (χ1n) is 6.60. The molecule has 2 rings (SSSR count).